The molecule has 0 atom stereocenters. The van der Waals surface area contributed by atoms with Gasteiger partial charge >= 0.3 is 0 Å². The number of carbonyl (C=O) groups is 1. The average Bonchev–Trinajstić information content (AvgIpc) is 2.68. The van der Waals surface area contributed by atoms with Gasteiger partial charge < -0.3 is 9.84 Å². The number of benzene rings is 2. The molecule has 2 aromatic rings. The van der Waals surface area contributed by atoms with Gasteiger partial charge in [-0.3, -0.25) is 4.79 Å². The molecule has 4 heteroatoms. The Balaban J connectivity index is 2.01. The van der Waals surface area contributed by atoms with E-state index in [4.69, 9.17) is 16.3 Å². The van der Waals surface area contributed by atoms with Crippen molar-refractivity contribution >= 4 is 23.5 Å². The van der Waals surface area contributed by atoms with Gasteiger partial charge in [0.05, 0.1) is 5.56 Å². The van der Waals surface area contributed by atoms with E-state index >= 15 is 0 Å². The molecule has 1 heterocycles. The van der Waals surface area contributed by atoms with Crippen molar-refractivity contribution in [2.75, 3.05) is 0 Å². The van der Waals surface area contributed by atoms with Gasteiger partial charge in [-0.05, 0) is 48.4 Å². The molecule has 1 aliphatic rings. The molecule has 0 spiro atoms. The Kier molecular flexibility index (Phi) is 2.99. The monoisotopic (exact) mass is 286 g/mol. The Morgan fingerprint density at radius 3 is 2.80 bits per heavy atom. The first-order valence-corrected chi connectivity index (χ1v) is 6.46. The van der Waals surface area contributed by atoms with E-state index in [2.05, 4.69) is 0 Å². The molecule has 0 unspecified atom stereocenters. The van der Waals surface area contributed by atoms with E-state index < -0.39 is 0 Å². The van der Waals surface area contributed by atoms with Gasteiger partial charge in [-0.25, -0.2) is 0 Å². The molecule has 100 valence electrons. The topological polar surface area (TPSA) is 46.5 Å². The van der Waals surface area contributed by atoms with Gasteiger partial charge in [0, 0.05) is 5.02 Å². The normalized spacial score (nSPS) is 15.3. The van der Waals surface area contributed by atoms with Crippen LogP contribution in [0.1, 0.15) is 21.5 Å². The quantitative estimate of drug-likeness (QED) is 0.807. The standard InChI is InChI=1S/C16H11ClO3/c1-9-5-14-12(8-13(9)17)16(19)15(20-14)7-10-3-2-4-11(18)6-10/h2-8,18H,1H3/b15-7-. The van der Waals surface area contributed by atoms with Crippen molar-refractivity contribution < 1.29 is 14.6 Å². The second kappa shape index (κ2) is 4.69. The van der Waals surface area contributed by atoms with Crippen molar-refractivity contribution in [3.63, 3.8) is 0 Å². The van der Waals surface area contributed by atoms with Gasteiger partial charge in [0.2, 0.25) is 5.78 Å². The lowest BCUT2D eigenvalue weighted by atomic mass is 10.1. The van der Waals surface area contributed by atoms with Crippen LogP contribution in [0.25, 0.3) is 6.08 Å². The predicted molar refractivity (Wildman–Crippen MR) is 77.2 cm³/mol. The summed E-state index contributed by atoms with van der Waals surface area (Å²) in [7, 11) is 0. The van der Waals surface area contributed by atoms with Crippen molar-refractivity contribution in [1.82, 2.24) is 0 Å². The second-order valence-corrected chi connectivity index (χ2v) is 5.04. The Morgan fingerprint density at radius 2 is 2.05 bits per heavy atom. The molecule has 0 radical (unpaired) electrons. The minimum absolute atomic E-state index is 0.140. The number of ketones is 1. The Hall–Kier alpha value is -2.26. The van der Waals surface area contributed by atoms with Crippen molar-refractivity contribution in [3.05, 3.63) is 63.9 Å². The van der Waals surface area contributed by atoms with E-state index in [0.717, 1.165) is 5.56 Å². The number of rotatable bonds is 1. The summed E-state index contributed by atoms with van der Waals surface area (Å²) in [5.41, 5.74) is 2.02. The van der Waals surface area contributed by atoms with Gasteiger partial charge in [0.25, 0.3) is 0 Å². The lowest BCUT2D eigenvalue weighted by Gasteiger charge is -2.01. The zero-order chi connectivity index (χ0) is 14.3. The van der Waals surface area contributed by atoms with E-state index in [1.54, 1.807) is 42.5 Å². The first-order chi connectivity index (χ1) is 9.54. The average molecular weight is 287 g/mol. The van der Waals surface area contributed by atoms with Crippen LogP contribution in [-0.4, -0.2) is 10.9 Å². The second-order valence-electron chi connectivity index (χ2n) is 4.63. The number of Topliss-reactive ketones (excluding diaryl/α,β-unsaturated/α-hetero) is 1. The van der Waals surface area contributed by atoms with Crippen molar-refractivity contribution in [1.29, 1.82) is 0 Å². The van der Waals surface area contributed by atoms with Crippen LogP contribution in [0, 0.1) is 6.92 Å². The summed E-state index contributed by atoms with van der Waals surface area (Å²) in [6.07, 6.45) is 1.60. The smallest absolute Gasteiger partial charge is 0.232 e. The Bertz CT molecular complexity index is 747. The number of phenols is 1. The van der Waals surface area contributed by atoms with Crippen LogP contribution in [0.4, 0.5) is 0 Å². The number of carbonyl (C=O) groups excluding carboxylic acids is 1. The zero-order valence-electron chi connectivity index (χ0n) is 10.7. The third kappa shape index (κ3) is 2.17. The summed E-state index contributed by atoms with van der Waals surface area (Å²) in [4.78, 5) is 12.2. The van der Waals surface area contributed by atoms with Gasteiger partial charge in [-0.15, -0.1) is 0 Å². The van der Waals surface area contributed by atoms with Crippen LogP contribution in [0.5, 0.6) is 11.5 Å². The number of aromatic hydroxyl groups is 1. The molecule has 0 saturated heterocycles. The number of ether oxygens (including phenoxy) is 1. The highest BCUT2D eigenvalue weighted by Crippen LogP contribution is 2.35. The fourth-order valence-corrected chi connectivity index (χ4v) is 2.24. The molecule has 0 amide bonds. The molecular formula is C16H11ClO3. The van der Waals surface area contributed by atoms with Crippen molar-refractivity contribution in [2.24, 2.45) is 0 Å². The highest BCUT2D eigenvalue weighted by atomic mass is 35.5. The van der Waals surface area contributed by atoms with E-state index in [-0.39, 0.29) is 17.3 Å². The van der Waals surface area contributed by atoms with Crippen LogP contribution in [-0.2, 0) is 0 Å². The van der Waals surface area contributed by atoms with Gasteiger partial charge in [-0.1, -0.05) is 23.7 Å². The molecular weight excluding hydrogens is 276 g/mol. The minimum atomic E-state index is -0.203. The summed E-state index contributed by atoms with van der Waals surface area (Å²) in [6, 6.07) is 9.98. The maximum atomic E-state index is 12.2. The van der Waals surface area contributed by atoms with Crippen molar-refractivity contribution in [3.8, 4) is 11.5 Å². The fraction of sp³-hybridized carbons (Fsp3) is 0.0625. The van der Waals surface area contributed by atoms with E-state index in [9.17, 15) is 9.90 Å². The van der Waals surface area contributed by atoms with Gasteiger partial charge in [-0.2, -0.15) is 0 Å². The Morgan fingerprint density at radius 1 is 1.25 bits per heavy atom. The summed E-state index contributed by atoms with van der Waals surface area (Å²) >= 11 is 6.03. The number of aryl methyl sites for hydroxylation is 1. The Labute approximate surface area is 121 Å². The van der Waals surface area contributed by atoms with E-state index in [1.807, 2.05) is 6.92 Å². The number of hydrogen-bond donors (Lipinski definition) is 1. The number of allylic oxidation sites excluding steroid dienone is 1. The molecule has 0 fully saturated rings. The summed E-state index contributed by atoms with van der Waals surface area (Å²) < 4.78 is 5.57. The fourth-order valence-electron chi connectivity index (χ4n) is 2.08. The largest absolute Gasteiger partial charge is 0.508 e. The number of halogens is 1. The number of fused-ring (bicyclic) bond motifs is 1. The van der Waals surface area contributed by atoms with Gasteiger partial charge in [0.1, 0.15) is 11.5 Å². The summed E-state index contributed by atoms with van der Waals surface area (Å²) in [5, 5.41) is 9.97. The minimum Gasteiger partial charge on any atom is -0.508 e. The number of hydrogen-bond acceptors (Lipinski definition) is 3. The zero-order valence-corrected chi connectivity index (χ0v) is 11.4. The lowest BCUT2D eigenvalue weighted by Crippen LogP contribution is -1.98. The summed E-state index contributed by atoms with van der Waals surface area (Å²) in [6.45, 7) is 1.85. The highest BCUT2D eigenvalue weighted by molar-refractivity contribution is 6.32. The van der Waals surface area contributed by atoms with Crippen LogP contribution >= 0.6 is 11.6 Å². The maximum absolute atomic E-state index is 12.2. The molecule has 1 aliphatic heterocycles. The molecule has 0 aromatic heterocycles. The molecule has 2 aromatic carbocycles. The molecule has 20 heavy (non-hydrogen) atoms. The number of phenolic OH excluding ortho intramolecular Hbond substituents is 1. The molecule has 0 aliphatic carbocycles. The van der Waals surface area contributed by atoms with Gasteiger partial charge in [0.15, 0.2) is 5.76 Å². The van der Waals surface area contributed by atoms with E-state index in [1.165, 1.54) is 0 Å². The van der Waals surface area contributed by atoms with Crippen molar-refractivity contribution in [2.45, 2.75) is 6.92 Å². The van der Waals surface area contributed by atoms with Crippen LogP contribution in [0.15, 0.2) is 42.2 Å². The SMILES string of the molecule is Cc1cc2c(cc1Cl)C(=O)/C(=C/c1cccc(O)c1)O2. The maximum Gasteiger partial charge on any atom is 0.232 e. The van der Waals surface area contributed by atoms with Crippen LogP contribution in [0.3, 0.4) is 0 Å². The van der Waals surface area contributed by atoms with Crippen LogP contribution < -0.4 is 4.74 Å². The third-order valence-corrected chi connectivity index (χ3v) is 3.52. The van der Waals surface area contributed by atoms with E-state index in [0.29, 0.717) is 21.9 Å². The summed E-state index contributed by atoms with van der Waals surface area (Å²) in [5.74, 6) is 0.682. The predicted octanol–water partition coefficient (Wildman–Crippen LogP) is 3.97. The molecule has 0 bridgehead atoms. The molecule has 1 N–H and O–H groups in total. The first-order valence-electron chi connectivity index (χ1n) is 6.08. The highest BCUT2D eigenvalue weighted by Gasteiger charge is 2.28. The molecule has 3 rings (SSSR count). The first kappa shape index (κ1) is 12.8. The lowest BCUT2D eigenvalue weighted by molar-refractivity contribution is 0.101. The van der Waals surface area contributed by atoms with Crippen LogP contribution in [0.2, 0.25) is 5.02 Å². The molecule has 3 nitrogen and oxygen atoms in total. The molecule has 0 saturated carbocycles. The third-order valence-electron chi connectivity index (χ3n) is 3.12.